The molecule has 1 saturated heterocycles. The van der Waals surface area contributed by atoms with Crippen LogP contribution in [0.4, 0.5) is 5.69 Å². The number of carbonyl (C=O) groups is 1. The van der Waals surface area contributed by atoms with Gasteiger partial charge >= 0.3 is 0 Å². The van der Waals surface area contributed by atoms with E-state index < -0.39 is 10.0 Å². The zero-order chi connectivity index (χ0) is 21.7. The van der Waals surface area contributed by atoms with E-state index >= 15 is 0 Å². The second kappa shape index (κ2) is 9.81. The Bertz CT molecular complexity index is 989. The summed E-state index contributed by atoms with van der Waals surface area (Å²) in [6, 6.07) is 12.7. The summed E-state index contributed by atoms with van der Waals surface area (Å²) in [6.07, 6.45) is 2.36. The smallest absolute Gasteiger partial charge is 0.261 e. The Balaban J connectivity index is 1.63. The Morgan fingerprint density at radius 2 is 1.87 bits per heavy atom. The predicted octanol–water partition coefficient (Wildman–Crippen LogP) is 3.99. The normalized spacial score (nSPS) is 16.8. The van der Waals surface area contributed by atoms with Gasteiger partial charge in [0.15, 0.2) is 0 Å². The Labute approximate surface area is 183 Å². The summed E-state index contributed by atoms with van der Waals surface area (Å²) < 4.78 is 27.9. The zero-order valence-electron chi connectivity index (χ0n) is 17.3. The fourth-order valence-electron chi connectivity index (χ4n) is 3.51. The Morgan fingerprint density at radius 3 is 2.57 bits per heavy atom. The summed E-state index contributed by atoms with van der Waals surface area (Å²) in [6.45, 7) is 6.98. The van der Waals surface area contributed by atoms with Gasteiger partial charge < -0.3 is 5.32 Å². The Morgan fingerprint density at radius 1 is 1.17 bits per heavy atom. The highest BCUT2D eigenvalue weighted by Crippen LogP contribution is 2.20. The van der Waals surface area contributed by atoms with Gasteiger partial charge in [-0.05, 0) is 75.2 Å². The van der Waals surface area contributed by atoms with Crippen molar-refractivity contribution in [1.29, 1.82) is 0 Å². The summed E-state index contributed by atoms with van der Waals surface area (Å²) in [7, 11) is -3.84. The minimum atomic E-state index is -3.84. The van der Waals surface area contributed by atoms with Crippen LogP contribution in [-0.2, 0) is 10.0 Å². The monoisotopic (exact) mass is 449 g/mol. The van der Waals surface area contributed by atoms with Crippen LogP contribution in [0, 0.1) is 5.92 Å². The number of sulfonamides is 1. The molecule has 1 atom stereocenters. The highest BCUT2D eigenvalue weighted by atomic mass is 35.5. The summed E-state index contributed by atoms with van der Waals surface area (Å²) in [5.74, 6) is 0.472. The van der Waals surface area contributed by atoms with E-state index in [4.69, 9.17) is 11.6 Å². The van der Waals surface area contributed by atoms with Gasteiger partial charge in [0, 0.05) is 23.2 Å². The van der Waals surface area contributed by atoms with Gasteiger partial charge in [-0.3, -0.25) is 14.4 Å². The van der Waals surface area contributed by atoms with Gasteiger partial charge in [-0.15, -0.1) is 0 Å². The predicted molar refractivity (Wildman–Crippen MR) is 120 cm³/mol. The quantitative estimate of drug-likeness (QED) is 0.669. The van der Waals surface area contributed by atoms with Crippen LogP contribution in [-0.4, -0.2) is 44.9 Å². The minimum Gasteiger partial charge on any atom is -0.350 e. The van der Waals surface area contributed by atoms with E-state index in [2.05, 4.69) is 28.8 Å². The summed E-state index contributed by atoms with van der Waals surface area (Å²) in [5.41, 5.74) is 0.672. The van der Waals surface area contributed by atoms with E-state index in [9.17, 15) is 13.2 Å². The highest BCUT2D eigenvalue weighted by molar-refractivity contribution is 7.92. The molecule has 0 radical (unpaired) electrons. The second-order valence-corrected chi connectivity index (χ2v) is 10.0. The van der Waals surface area contributed by atoms with E-state index in [1.54, 1.807) is 30.3 Å². The molecule has 2 aromatic carbocycles. The molecule has 2 N–H and O–H groups in total. The summed E-state index contributed by atoms with van der Waals surface area (Å²) >= 11 is 5.92. The summed E-state index contributed by atoms with van der Waals surface area (Å²) in [5, 5.41) is 3.36. The maximum atomic E-state index is 12.7. The van der Waals surface area contributed by atoms with Crippen molar-refractivity contribution >= 4 is 33.2 Å². The van der Waals surface area contributed by atoms with Crippen molar-refractivity contribution in [1.82, 2.24) is 10.2 Å². The molecule has 0 bridgehead atoms. The van der Waals surface area contributed by atoms with Gasteiger partial charge in [0.2, 0.25) is 0 Å². The van der Waals surface area contributed by atoms with Crippen LogP contribution in [0.3, 0.4) is 0 Å². The van der Waals surface area contributed by atoms with Crippen LogP contribution < -0.4 is 10.0 Å². The molecule has 30 heavy (non-hydrogen) atoms. The van der Waals surface area contributed by atoms with E-state index in [0.29, 0.717) is 22.8 Å². The number of benzene rings is 2. The number of hydrogen-bond acceptors (Lipinski definition) is 4. The van der Waals surface area contributed by atoms with Crippen LogP contribution in [0.15, 0.2) is 53.4 Å². The number of amides is 1. The lowest BCUT2D eigenvalue weighted by atomic mass is 9.98. The van der Waals surface area contributed by atoms with Gasteiger partial charge in [0.05, 0.1) is 10.6 Å². The van der Waals surface area contributed by atoms with Crippen molar-refractivity contribution in [3.8, 4) is 0 Å². The summed E-state index contributed by atoms with van der Waals surface area (Å²) in [4.78, 5) is 15.0. The zero-order valence-corrected chi connectivity index (χ0v) is 18.8. The number of rotatable bonds is 7. The second-order valence-electron chi connectivity index (χ2n) is 7.92. The van der Waals surface area contributed by atoms with Crippen LogP contribution in [0.1, 0.15) is 37.0 Å². The number of piperidine rings is 1. The van der Waals surface area contributed by atoms with Gasteiger partial charge in [0.25, 0.3) is 15.9 Å². The fraction of sp³-hybridized carbons (Fsp3) is 0.409. The first kappa shape index (κ1) is 22.6. The fourth-order valence-corrected chi connectivity index (χ4v) is 4.80. The number of halogens is 1. The molecule has 0 saturated carbocycles. The molecular formula is C22H28ClN3O3S. The molecule has 8 heteroatoms. The highest BCUT2D eigenvalue weighted by Gasteiger charge is 2.21. The number of anilines is 1. The number of likely N-dealkylation sites (tertiary alicyclic amines) is 1. The molecule has 2 aromatic rings. The van der Waals surface area contributed by atoms with Crippen molar-refractivity contribution in [3.05, 3.63) is 59.1 Å². The van der Waals surface area contributed by atoms with E-state index in [0.717, 1.165) is 19.0 Å². The molecule has 1 unspecified atom stereocenters. The Kier molecular flexibility index (Phi) is 7.39. The van der Waals surface area contributed by atoms with Crippen molar-refractivity contribution < 1.29 is 13.2 Å². The maximum Gasteiger partial charge on any atom is 0.261 e. The minimum absolute atomic E-state index is 0.0215. The maximum absolute atomic E-state index is 12.7. The number of hydrogen-bond donors (Lipinski definition) is 2. The molecule has 3 rings (SSSR count). The molecule has 1 aliphatic heterocycles. The third-order valence-electron chi connectivity index (χ3n) is 5.48. The van der Waals surface area contributed by atoms with Gasteiger partial charge in [-0.25, -0.2) is 8.42 Å². The number of nitrogens with zero attached hydrogens (tertiary/aromatic N) is 1. The molecule has 0 spiro atoms. The SMILES string of the molecule is CC1CCN(C(C)CNC(=O)c2cccc(S(=O)(=O)Nc3cccc(Cl)c3)c2)CC1. The number of carbonyl (C=O) groups excluding carboxylic acids is 1. The largest absolute Gasteiger partial charge is 0.350 e. The van der Waals surface area contributed by atoms with Crippen LogP contribution >= 0.6 is 11.6 Å². The molecule has 0 aromatic heterocycles. The average Bonchev–Trinajstić information content (AvgIpc) is 2.72. The van der Waals surface area contributed by atoms with E-state index in [1.807, 2.05) is 0 Å². The van der Waals surface area contributed by atoms with Gasteiger partial charge in [-0.2, -0.15) is 0 Å². The molecule has 1 fully saturated rings. The van der Waals surface area contributed by atoms with E-state index in [-0.39, 0.29) is 16.8 Å². The molecule has 6 nitrogen and oxygen atoms in total. The van der Waals surface area contributed by atoms with Gasteiger partial charge in [0.1, 0.15) is 0 Å². The molecule has 162 valence electrons. The van der Waals surface area contributed by atoms with Gasteiger partial charge in [-0.1, -0.05) is 30.7 Å². The standard InChI is InChI=1S/C22H28ClN3O3S/c1-16-9-11-26(12-10-16)17(2)15-24-22(27)18-5-3-8-21(13-18)30(28,29)25-20-7-4-6-19(23)14-20/h3-8,13-14,16-17,25H,9-12,15H2,1-2H3,(H,24,27). The lowest BCUT2D eigenvalue weighted by Crippen LogP contribution is -2.45. The molecular weight excluding hydrogens is 422 g/mol. The third-order valence-corrected chi connectivity index (χ3v) is 7.10. The van der Waals surface area contributed by atoms with E-state index in [1.165, 1.54) is 31.0 Å². The molecule has 1 heterocycles. The number of nitrogens with one attached hydrogen (secondary N) is 2. The Hall–Kier alpha value is -2.09. The lowest BCUT2D eigenvalue weighted by Gasteiger charge is -2.35. The van der Waals surface area contributed by atoms with Crippen LogP contribution in [0.2, 0.25) is 5.02 Å². The molecule has 1 amide bonds. The first-order valence-corrected chi connectivity index (χ1v) is 12.0. The average molecular weight is 450 g/mol. The van der Waals surface area contributed by atoms with Crippen molar-refractivity contribution in [2.75, 3.05) is 24.4 Å². The molecule has 0 aliphatic carbocycles. The first-order valence-electron chi connectivity index (χ1n) is 10.2. The third kappa shape index (κ3) is 5.97. The first-order chi connectivity index (χ1) is 14.2. The van der Waals surface area contributed by atoms with Crippen molar-refractivity contribution in [2.45, 2.75) is 37.6 Å². The van der Waals surface area contributed by atoms with Crippen LogP contribution in [0.25, 0.3) is 0 Å². The molecule has 1 aliphatic rings. The van der Waals surface area contributed by atoms with Crippen molar-refractivity contribution in [3.63, 3.8) is 0 Å². The van der Waals surface area contributed by atoms with Crippen molar-refractivity contribution in [2.24, 2.45) is 5.92 Å². The topological polar surface area (TPSA) is 78.5 Å². The lowest BCUT2D eigenvalue weighted by molar-refractivity contribution is 0.0921. The van der Waals surface area contributed by atoms with Crippen LogP contribution in [0.5, 0.6) is 0 Å².